The Morgan fingerprint density at radius 1 is 1.50 bits per heavy atom. The average molecular weight is 432 g/mol. The Morgan fingerprint density at radius 2 is 2.14 bits per heavy atom. The maximum absolute atomic E-state index is 12.5. The van der Waals surface area contributed by atoms with Gasteiger partial charge in [-0.1, -0.05) is 6.92 Å². The molecule has 0 saturated carbocycles. The fourth-order valence-corrected chi connectivity index (χ4v) is 4.20. The average Bonchev–Trinajstić information content (AvgIpc) is 2.80. The standard InChI is InChI=1S/C14H22BN4O7PS/c1-6-8(4-18(3)5-9(21)16-28(24)25)12(14(23)26-27-17-15)19-11(6)10(7(2)20)13(19)22/h6-7,10-11,17,20,27H,4-5H2,1-3H3,(H,16,21)(H,24,25)/t6-,7+,10+,11?/m0/s1. The van der Waals surface area contributed by atoms with E-state index in [1.807, 2.05) is 11.6 Å². The van der Waals surface area contributed by atoms with Gasteiger partial charge in [0.25, 0.3) is 11.3 Å². The first-order valence-electron chi connectivity index (χ1n) is 8.35. The van der Waals surface area contributed by atoms with Gasteiger partial charge in [-0.05, 0) is 19.5 Å². The molecule has 0 aliphatic carbocycles. The van der Waals surface area contributed by atoms with Crippen LogP contribution in [0.15, 0.2) is 11.3 Å². The number of aliphatic hydroxyl groups excluding tert-OH is 1. The lowest BCUT2D eigenvalue weighted by Gasteiger charge is -2.46. The predicted molar refractivity (Wildman–Crippen MR) is 102 cm³/mol. The van der Waals surface area contributed by atoms with Gasteiger partial charge in [0, 0.05) is 12.5 Å². The molecule has 2 amide bonds. The topological polar surface area (TPSA) is 149 Å². The highest BCUT2D eigenvalue weighted by atomic mass is 32.2. The third-order valence-corrected chi connectivity index (χ3v) is 5.57. The van der Waals surface area contributed by atoms with Gasteiger partial charge in [-0.2, -0.15) is 0 Å². The predicted octanol–water partition coefficient (Wildman–Crippen LogP) is -1.99. The summed E-state index contributed by atoms with van der Waals surface area (Å²) in [5.74, 6) is -2.66. The molecule has 4 N–H and O–H groups in total. The molecule has 2 aliphatic rings. The highest BCUT2D eigenvalue weighted by Gasteiger charge is 2.60. The van der Waals surface area contributed by atoms with Crippen molar-refractivity contribution in [3.05, 3.63) is 11.3 Å². The van der Waals surface area contributed by atoms with E-state index in [1.54, 1.807) is 11.9 Å². The Hall–Kier alpha value is -1.37. The largest absolute Gasteiger partial charge is 0.428 e. The summed E-state index contributed by atoms with van der Waals surface area (Å²) < 4.78 is 26.3. The second-order valence-electron chi connectivity index (χ2n) is 6.71. The molecule has 0 aromatic heterocycles. The molecule has 3 unspecified atom stereocenters. The minimum absolute atomic E-state index is 0.0835. The number of carbonyl (C=O) groups is 3. The summed E-state index contributed by atoms with van der Waals surface area (Å²) >= 11 is -2.47. The van der Waals surface area contributed by atoms with Gasteiger partial charge in [-0.3, -0.25) is 23.8 Å². The molecule has 0 bridgehead atoms. The summed E-state index contributed by atoms with van der Waals surface area (Å²) in [6, 6.07) is -0.383. The lowest BCUT2D eigenvalue weighted by Crippen LogP contribution is -2.63. The van der Waals surface area contributed by atoms with Crippen molar-refractivity contribution in [2.75, 3.05) is 20.1 Å². The van der Waals surface area contributed by atoms with Crippen LogP contribution in [0.1, 0.15) is 13.8 Å². The van der Waals surface area contributed by atoms with Crippen LogP contribution in [-0.2, 0) is 30.2 Å². The Kier molecular flexibility index (Phi) is 7.71. The van der Waals surface area contributed by atoms with Crippen molar-refractivity contribution in [1.82, 2.24) is 19.5 Å². The molecule has 0 spiro atoms. The molecule has 11 nitrogen and oxygen atoms in total. The SMILES string of the molecule is [B]NPOC(=O)C1=C(CN(C)CC(=O)NS(=O)O)[C@H](C)C2[C@@H]([C@@H](C)O)C(=O)N12. The molecule has 1 saturated heterocycles. The van der Waals surface area contributed by atoms with E-state index in [0.29, 0.717) is 5.57 Å². The van der Waals surface area contributed by atoms with E-state index < -0.39 is 44.1 Å². The van der Waals surface area contributed by atoms with Crippen molar-refractivity contribution in [2.45, 2.75) is 26.0 Å². The number of hydrogen-bond acceptors (Lipinski definition) is 8. The van der Waals surface area contributed by atoms with Gasteiger partial charge in [-0.15, -0.1) is 0 Å². The number of nitrogens with zero attached hydrogens (tertiary/aromatic N) is 2. The number of amides is 2. The van der Waals surface area contributed by atoms with Crippen LogP contribution in [0.2, 0.25) is 0 Å². The van der Waals surface area contributed by atoms with E-state index in [2.05, 4.69) is 5.00 Å². The molecule has 2 rings (SSSR count). The minimum Gasteiger partial charge on any atom is -0.428 e. The molecule has 28 heavy (non-hydrogen) atoms. The fourth-order valence-electron chi connectivity index (χ4n) is 3.69. The maximum atomic E-state index is 12.5. The summed E-state index contributed by atoms with van der Waals surface area (Å²) in [5.41, 5.74) is 0.661. The number of β-lactam (4-membered cyclic amide) rings is 1. The van der Waals surface area contributed by atoms with Crippen LogP contribution in [0.4, 0.5) is 0 Å². The van der Waals surface area contributed by atoms with Gasteiger partial charge in [0.1, 0.15) is 14.7 Å². The Morgan fingerprint density at radius 3 is 2.68 bits per heavy atom. The fraction of sp³-hybridized carbons (Fsp3) is 0.643. The van der Waals surface area contributed by atoms with Crippen molar-refractivity contribution < 1.29 is 32.8 Å². The first-order chi connectivity index (χ1) is 13.1. The van der Waals surface area contributed by atoms with E-state index in [1.165, 1.54) is 11.8 Å². The quantitative estimate of drug-likeness (QED) is 0.141. The highest BCUT2D eigenvalue weighted by molar-refractivity contribution is 7.77. The summed E-state index contributed by atoms with van der Waals surface area (Å²) in [5, 5.41) is 9.92. The maximum Gasteiger partial charge on any atom is 0.358 e. The van der Waals surface area contributed by atoms with Gasteiger partial charge in [0.2, 0.25) is 11.8 Å². The third-order valence-electron chi connectivity index (χ3n) is 4.77. The van der Waals surface area contributed by atoms with Crippen LogP contribution in [0.3, 0.4) is 0 Å². The molecule has 14 heteroatoms. The monoisotopic (exact) mass is 432 g/mol. The van der Waals surface area contributed by atoms with Crippen molar-refractivity contribution in [2.24, 2.45) is 11.8 Å². The number of fused-ring (bicyclic) bond motifs is 1. The van der Waals surface area contributed by atoms with E-state index in [9.17, 15) is 23.7 Å². The van der Waals surface area contributed by atoms with Gasteiger partial charge < -0.3 is 19.5 Å². The number of rotatable bonds is 9. The number of hydrogen-bond donors (Lipinski definition) is 4. The van der Waals surface area contributed by atoms with Crippen molar-refractivity contribution in [3.63, 3.8) is 0 Å². The number of carbonyl (C=O) groups excluding carboxylic acids is 3. The molecule has 1 fully saturated rings. The first-order valence-corrected chi connectivity index (χ1v) is 10.4. The molecule has 0 aromatic carbocycles. The number of nitrogens with one attached hydrogen (secondary N) is 2. The molecule has 6 atom stereocenters. The van der Waals surface area contributed by atoms with Crippen molar-refractivity contribution in [1.29, 1.82) is 0 Å². The summed E-state index contributed by atoms with van der Waals surface area (Å²) in [4.78, 5) is 41.8. The lowest BCUT2D eigenvalue weighted by atomic mass is 9.77. The molecule has 2 aliphatic heterocycles. The van der Waals surface area contributed by atoms with E-state index in [4.69, 9.17) is 17.1 Å². The normalized spacial score (nSPS) is 26.4. The van der Waals surface area contributed by atoms with Gasteiger partial charge >= 0.3 is 5.97 Å². The molecule has 154 valence electrons. The van der Waals surface area contributed by atoms with E-state index >= 15 is 0 Å². The van der Waals surface area contributed by atoms with E-state index in [-0.39, 0.29) is 36.7 Å². The van der Waals surface area contributed by atoms with Crippen LogP contribution in [0, 0.1) is 11.8 Å². The Balaban J connectivity index is 2.24. The van der Waals surface area contributed by atoms with Crippen LogP contribution >= 0.6 is 8.96 Å². The van der Waals surface area contributed by atoms with E-state index in [0.717, 1.165) is 0 Å². The second kappa shape index (κ2) is 9.42. The van der Waals surface area contributed by atoms with Crippen LogP contribution in [0.25, 0.3) is 0 Å². The zero-order valence-corrected chi connectivity index (χ0v) is 17.4. The minimum atomic E-state index is -2.47. The van der Waals surface area contributed by atoms with Crippen LogP contribution in [-0.4, -0.2) is 81.7 Å². The van der Waals surface area contributed by atoms with Crippen LogP contribution < -0.4 is 9.72 Å². The molecule has 2 radical (unpaired) electrons. The lowest BCUT2D eigenvalue weighted by molar-refractivity contribution is -0.162. The molecular formula is C14H22BN4O7PS. The Bertz CT molecular complexity index is 722. The summed E-state index contributed by atoms with van der Waals surface area (Å²) in [6.45, 7) is 3.29. The summed E-state index contributed by atoms with van der Waals surface area (Å²) in [6.07, 6.45) is -0.872. The van der Waals surface area contributed by atoms with Crippen molar-refractivity contribution >= 4 is 46.0 Å². The number of likely N-dealkylation sites (N-methyl/N-ethyl adjacent to an activating group) is 1. The Labute approximate surface area is 168 Å². The zero-order valence-electron chi connectivity index (χ0n) is 15.5. The summed E-state index contributed by atoms with van der Waals surface area (Å²) in [7, 11) is 6.23. The highest BCUT2D eigenvalue weighted by Crippen LogP contribution is 2.47. The van der Waals surface area contributed by atoms with Gasteiger partial charge in [-0.25, -0.2) is 9.00 Å². The van der Waals surface area contributed by atoms with Crippen molar-refractivity contribution in [3.8, 4) is 0 Å². The first kappa shape index (κ1) is 22.9. The molecule has 2 heterocycles. The number of aliphatic hydroxyl groups is 1. The van der Waals surface area contributed by atoms with Gasteiger partial charge in [0.05, 0.1) is 24.6 Å². The molecular weight excluding hydrogens is 410 g/mol. The smallest absolute Gasteiger partial charge is 0.358 e. The zero-order chi connectivity index (χ0) is 21.2. The van der Waals surface area contributed by atoms with Crippen LogP contribution in [0.5, 0.6) is 0 Å². The second-order valence-corrected chi connectivity index (χ2v) is 8.11. The molecule has 0 aromatic rings. The third kappa shape index (κ3) is 4.61. The van der Waals surface area contributed by atoms with Gasteiger partial charge in [0.15, 0.2) is 7.98 Å².